The first-order valence-corrected chi connectivity index (χ1v) is 5.94. The normalized spacial score (nSPS) is 10.5. The maximum absolute atomic E-state index is 5.55. The fraction of sp³-hybridized carbons (Fsp3) is 0.267. The lowest BCUT2D eigenvalue weighted by Gasteiger charge is -2.08. The Morgan fingerprint density at radius 3 is 2.41 bits per heavy atom. The lowest BCUT2D eigenvalue weighted by Crippen LogP contribution is -2.02. The molecule has 2 nitrogen and oxygen atoms in total. The standard InChI is InChI=1S/C15H18N2/c1-11-12(2)17-10-8-15(11)14-5-3-13(4-6-14)7-9-16/h3-6,8,10H,7,9,16H2,1-2H3. The average Bonchev–Trinajstić information content (AvgIpc) is 2.34. The summed E-state index contributed by atoms with van der Waals surface area (Å²) in [6, 6.07) is 10.7. The van der Waals surface area contributed by atoms with E-state index in [0.717, 1.165) is 12.1 Å². The van der Waals surface area contributed by atoms with Crippen molar-refractivity contribution in [2.75, 3.05) is 6.54 Å². The maximum atomic E-state index is 5.55. The van der Waals surface area contributed by atoms with Crippen LogP contribution in [0.1, 0.15) is 16.8 Å². The fourth-order valence-corrected chi connectivity index (χ4v) is 1.97. The zero-order valence-corrected chi connectivity index (χ0v) is 10.4. The van der Waals surface area contributed by atoms with Crippen molar-refractivity contribution in [2.24, 2.45) is 5.73 Å². The van der Waals surface area contributed by atoms with E-state index in [1.165, 1.54) is 22.3 Å². The van der Waals surface area contributed by atoms with E-state index in [0.29, 0.717) is 6.54 Å². The Hall–Kier alpha value is -1.67. The predicted octanol–water partition coefficient (Wildman–Crippen LogP) is 2.87. The van der Waals surface area contributed by atoms with E-state index in [4.69, 9.17) is 5.73 Å². The molecule has 0 bridgehead atoms. The SMILES string of the molecule is Cc1nccc(-c2ccc(CCN)cc2)c1C. The van der Waals surface area contributed by atoms with Gasteiger partial charge in [-0.25, -0.2) is 0 Å². The molecule has 1 heterocycles. The summed E-state index contributed by atoms with van der Waals surface area (Å²) in [5, 5.41) is 0. The lowest BCUT2D eigenvalue weighted by molar-refractivity contribution is 0.969. The molecule has 2 N–H and O–H groups in total. The van der Waals surface area contributed by atoms with Crippen LogP contribution in [0.3, 0.4) is 0 Å². The number of aromatic nitrogens is 1. The van der Waals surface area contributed by atoms with Crippen molar-refractivity contribution in [1.82, 2.24) is 4.98 Å². The molecule has 0 fully saturated rings. The highest BCUT2D eigenvalue weighted by Crippen LogP contribution is 2.24. The molecule has 0 radical (unpaired) electrons. The highest BCUT2D eigenvalue weighted by Gasteiger charge is 2.04. The molecule has 1 aromatic heterocycles. The Morgan fingerprint density at radius 1 is 1.06 bits per heavy atom. The second kappa shape index (κ2) is 5.11. The second-order valence-corrected chi connectivity index (χ2v) is 4.30. The van der Waals surface area contributed by atoms with Gasteiger partial charge in [0.2, 0.25) is 0 Å². The summed E-state index contributed by atoms with van der Waals surface area (Å²) in [4.78, 5) is 4.30. The number of nitrogens with two attached hydrogens (primary N) is 1. The smallest absolute Gasteiger partial charge is 0.0407 e. The van der Waals surface area contributed by atoms with Crippen molar-refractivity contribution < 1.29 is 0 Å². The molecule has 0 atom stereocenters. The van der Waals surface area contributed by atoms with Crippen molar-refractivity contribution in [2.45, 2.75) is 20.3 Å². The van der Waals surface area contributed by atoms with Crippen molar-refractivity contribution in [3.63, 3.8) is 0 Å². The summed E-state index contributed by atoms with van der Waals surface area (Å²) >= 11 is 0. The van der Waals surface area contributed by atoms with Crippen LogP contribution in [-0.4, -0.2) is 11.5 Å². The molecular weight excluding hydrogens is 208 g/mol. The number of hydrogen-bond acceptors (Lipinski definition) is 2. The van der Waals surface area contributed by atoms with E-state index in [1.54, 1.807) is 0 Å². The van der Waals surface area contributed by atoms with E-state index in [-0.39, 0.29) is 0 Å². The number of benzene rings is 1. The van der Waals surface area contributed by atoms with Crippen LogP contribution in [0.4, 0.5) is 0 Å². The van der Waals surface area contributed by atoms with Crippen LogP contribution >= 0.6 is 0 Å². The van der Waals surface area contributed by atoms with E-state index in [2.05, 4.69) is 42.2 Å². The van der Waals surface area contributed by atoms with Gasteiger partial charge in [0.15, 0.2) is 0 Å². The molecule has 0 aliphatic carbocycles. The zero-order chi connectivity index (χ0) is 12.3. The van der Waals surface area contributed by atoms with Crippen molar-refractivity contribution in [1.29, 1.82) is 0 Å². The molecule has 0 aliphatic rings. The largest absolute Gasteiger partial charge is 0.330 e. The fourth-order valence-electron chi connectivity index (χ4n) is 1.97. The van der Waals surface area contributed by atoms with Gasteiger partial charge in [0, 0.05) is 11.9 Å². The minimum absolute atomic E-state index is 0.701. The summed E-state index contributed by atoms with van der Waals surface area (Å²) in [5.74, 6) is 0. The van der Waals surface area contributed by atoms with Crippen LogP contribution in [0, 0.1) is 13.8 Å². The third kappa shape index (κ3) is 2.53. The summed E-state index contributed by atoms with van der Waals surface area (Å²) in [5.41, 5.74) is 11.7. The Balaban J connectivity index is 2.36. The molecule has 2 rings (SSSR count). The van der Waals surface area contributed by atoms with Gasteiger partial charge in [0.1, 0.15) is 0 Å². The highest BCUT2D eigenvalue weighted by molar-refractivity contribution is 5.67. The van der Waals surface area contributed by atoms with Crippen LogP contribution < -0.4 is 5.73 Å². The maximum Gasteiger partial charge on any atom is 0.0407 e. The van der Waals surface area contributed by atoms with Crippen molar-refractivity contribution >= 4 is 0 Å². The molecule has 0 saturated carbocycles. The Kier molecular flexibility index (Phi) is 3.55. The first kappa shape index (κ1) is 11.8. The molecular formula is C15H18N2. The third-order valence-corrected chi connectivity index (χ3v) is 3.15. The van der Waals surface area contributed by atoms with Crippen molar-refractivity contribution in [3.05, 3.63) is 53.3 Å². The van der Waals surface area contributed by atoms with Crippen LogP contribution in [0.15, 0.2) is 36.5 Å². The molecule has 0 spiro atoms. The minimum Gasteiger partial charge on any atom is -0.330 e. The number of hydrogen-bond donors (Lipinski definition) is 1. The van der Waals surface area contributed by atoms with Gasteiger partial charge in [-0.2, -0.15) is 0 Å². The van der Waals surface area contributed by atoms with Gasteiger partial charge >= 0.3 is 0 Å². The molecule has 0 saturated heterocycles. The average molecular weight is 226 g/mol. The summed E-state index contributed by atoms with van der Waals surface area (Å²) in [6.07, 6.45) is 2.81. The van der Waals surface area contributed by atoms with Gasteiger partial charge < -0.3 is 5.73 Å². The first-order valence-electron chi connectivity index (χ1n) is 5.94. The zero-order valence-electron chi connectivity index (χ0n) is 10.4. The van der Waals surface area contributed by atoms with Gasteiger partial charge in [-0.3, -0.25) is 4.98 Å². The molecule has 2 heteroatoms. The van der Waals surface area contributed by atoms with E-state index >= 15 is 0 Å². The third-order valence-electron chi connectivity index (χ3n) is 3.15. The summed E-state index contributed by atoms with van der Waals surface area (Å²) in [6.45, 7) is 4.86. The van der Waals surface area contributed by atoms with Crippen LogP contribution in [0.25, 0.3) is 11.1 Å². The van der Waals surface area contributed by atoms with E-state index < -0.39 is 0 Å². The van der Waals surface area contributed by atoms with Crippen LogP contribution in [0.2, 0.25) is 0 Å². The van der Waals surface area contributed by atoms with Crippen LogP contribution in [0.5, 0.6) is 0 Å². The Bertz CT molecular complexity index is 501. The van der Waals surface area contributed by atoms with Gasteiger partial charge in [-0.1, -0.05) is 24.3 Å². The number of aryl methyl sites for hydroxylation is 1. The molecule has 17 heavy (non-hydrogen) atoms. The first-order chi connectivity index (χ1) is 8.22. The van der Waals surface area contributed by atoms with Gasteiger partial charge in [0.05, 0.1) is 0 Å². The molecule has 0 aliphatic heterocycles. The van der Waals surface area contributed by atoms with Gasteiger partial charge in [-0.05, 0) is 55.1 Å². The Labute approximate surface area is 103 Å². The summed E-state index contributed by atoms with van der Waals surface area (Å²) in [7, 11) is 0. The van der Waals surface area contributed by atoms with E-state index in [1.807, 2.05) is 13.1 Å². The van der Waals surface area contributed by atoms with Crippen LogP contribution in [-0.2, 0) is 6.42 Å². The minimum atomic E-state index is 0.701. The number of rotatable bonds is 3. The van der Waals surface area contributed by atoms with Crippen molar-refractivity contribution in [3.8, 4) is 11.1 Å². The predicted molar refractivity (Wildman–Crippen MR) is 71.9 cm³/mol. The van der Waals surface area contributed by atoms with Gasteiger partial charge in [-0.15, -0.1) is 0 Å². The number of pyridine rings is 1. The molecule has 88 valence electrons. The summed E-state index contributed by atoms with van der Waals surface area (Å²) < 4.78 is 0. The quantitative estimate of drug-likeness (QED) is 0.874. The lowest BCUT2D eigenvalue weighted by atomic mass is 9.99. The molecule has 2 aromatic rings. The number of nitrogens with zero attached hydrogens (tertiary/aromatic N) is 1. The molecule has 0 unspecified atom stereocenters. The molecule has 1 aromatic carbocycles. The topological polar surface area (TPSA) is 38.9 Å². The molecule has 0 amide bonds. The van der Waals surface area contributed by atoms with E-state index in [9.17, 15) is 0 Å². The monoisotopic (exact) mass is 226 g/mol. The second-order valence-electron chi connectivity index (χ2n) is 4.30. The highest BCUT2D eigenvalue weighted by atomic mass is 14.7. The Morgan fingerprint density at radius 2 is 1.76 bits per heavy atom. The van der Waals surface area contributed by atoms with Gasteiger partial charge in [0.25, 0.3) is 0 Å².